The summed E-state index contributed by atoms with van der Waals surface area (Å²) in [5, 5.41) is 0. The molecule has 1 aliphatic rings. The topological polar surface area (TPSA) is 71.1 Å². The normalized spacial score (nSPS) is 13.7. The monoisotopic (exact) mass is 252 g/mol. The quantitative estimate of drug-likeness (QED) is 0.589. The Hall–Kier alpha value is -2.24. The van der Waals surface area contributed by atoms with Crippen molar-refractivity contribution < 1.29 is 28.5 Å². The number of cyclic esters (lactones) is 2. The molecule has 6 nitrogen and oxygen atoms in total. The van der Waals surface area contributed by atoms with Crippen LogP contribution in [0.4, 0.5) is 0 Å². The molecule has 1 aromatic carbocycles. The van der Waals surface area contributed by atoms with E-state index in [1.165, 1.54) is 27.4 Å². The molecule has 0 saturated heterocycles. The molecule has 0 spiro atoms. The predicted octanol–water partition coefficient (Wildman–Crippen LogP) is 0.952. The van der Waals surface area contributed by atoms with Crippen LogP contribution >= 0.6 is 0 Å². The first-order valence-corrected chi connectivity index (χ1v) is 5.19. The summed E-state index contributed by atoms with van der Waals surface area (Å²) in [6.07, 6.45) is -0.0371. The lowest BCUT2D eigenvalue weighted by atomic mass is 10.00. The van der Waals surface area contributed by atoms with Crippen LogP contribution in [-0.2, 0) is 16.0 Å². The molecule has 0 atom stereocenters. The molecule has 0 aliphatic carbocycles. The minimum Gasteiger partial charge on any atom is -0.493 e. The highest BCUT2D eigenvalue weighted by Gasteiger charge is 2.31. The van der Waals surface area contributed by atoms with Gasteiger partial charge in [0.1, 0.15) is 0 Å². The molecule has 0 bridgehead atoms. The number of ether oxygens (including phenoxy) is 4. The fourth-order valence-corrected chi connectivity index (χ4v) is 1.91. The Bertz CT molecular complexity index is 520. The maximum atomic E-state index is 11.6. The number of hydrogen-bond acceptors (Lipinski definition) is 6. The van der Waals surface area contributed by atoms with E-state index in [1.807, 2.05) is 0 Å². The molecule has 96 valence electrons. The van der Waals surface area contributed by atoms with E-state index in [9.17, 15) is 9.59 Å². The van der Waals surface area contributed by atoms with E-state index in [4.69, 9.17) is 14.2 Å². The van der Waals surface area contributed by atoms with Crippen LogP contribution in [-0.4, -0.2) is 33.3 Å². The Balaban J connectivity index is 2.71. The van der Waals surface area contributed by atoms with Crippen LogP contribution in [0.3, 0.4) is 0 Å². The number of esters is 2. The number of carbonyl (C=O) groups excluding carboxylic acids is 2. The summed E-state index contributed by atoms with van der Waals surface area (Å²) in [6, 6.07) is 1.48. The van der Waals surface area contributed by atoms with Crippen LogP contribution in [0.5, 0.6) is 17.2 Å². The van der Waals surface area contributed by atoms with E-state index < -0.39 is 11.9 Å². The minimum atomic E-state index is -0.708. The van der Waals surface area contributed by atoms with Gasteiger partial charge in [-0.25, -0.2) is 4.79 Å². The van der Waals surface area contributed by atoms with E-state index in [0.717, 1.165) is 0 Å². The summed E-state index contributed by atoms with van der Waals surface area (Å²) >= 11 is 0. The second-order valence-corrected chi connectivity index (χ2v) is 3.61. The molecule has 0 fully saturated rings. The molecule has 6 heteroatoms. The second-order valence-electron chi connectivity index (χ2n) is 3.61. The van der Waals surface area contributed by atoms with Crippen molar-refractivity contribution in [2.75, 3.05) is 21.3 Å². The average Bonchev–Trinajstić information content (AvgIpc) is 2.36. The highest BCUT2D eigenvalue weighted by Crippen LogP contribution is 2.43. The first-order chi connectivity index (χ1) is 8.62. The molecular formula is C12H12O6. The molecule has 0 unspecified atom stereocenters. The van der Waals surface area contributed by atoms with Crippen LogP contribution in [0.2, 0.25) is 0 Å². The smallest absolute Gasteiger partial charge is 0.346 e. The molecule has 0 radical (unpaired) electrons. The molecule has 2 rings (SSSR count). The summed E-state index contributed by atoms with van der Waals surface area (Å²) in [5.74, 6) is -0.309. The molecule has 18 heavy (non-hydrogen) atoms. The zero-order valence-corrected chi connectivity index (χ0v) is 10.2. The summed E-state index contributed by atoms with van der Waals surface area (Å²) in [6.45, 7) is 0. The molecule has 0 amide bonds. The van der Waals surface area contributed by atoms with Gasteiger partial charge in [-0.05, 0) is 6.07 Å². The summed E-state index contributed by atoms with van der Waals surface area (Å²) < 4.78 is 20.1. The van der Waals surface area contributed by atoms with Crippen molar-refractivity contribution in [3.63, 3.8) is 0 Å². The highest BCUT2D eigenvalue weighted by atomic mass is 16.6. The Labute approximate surface area is 103 Å². The minimum absolute atomic E-state index is 0.0371. The Morgan fingerprint density at radius 3 is 2.28 bits per heavy atom. The largest absolute Gasteiger partial charge is 0.493 e. The lowest BCUT2D eigenvalue weighted by molar-refractivity contribution is -0.137. The van der Waals surface area contributed by atoms with E-state index in [2.05, 4.69) is 4.74 Å². The molecule has 1 aliphatic heterocycles. The van der Waals surface area contributed by atoms with Crippen molar-refractivity contribution in [3.05, 3.63) is 17.2 Å². The molecule has 0 aromatic heterocycles. The van der Waals surface area contributed by atoms with Crippen molar-refractivity contribution in [3.8, 4) is 17.2 Å². The van der Waals surface area contributed by atoms with Gasteiger partial charge < -0.3 is 18.9 Å². The fraction of sp³-hybridized carbons (Fsp3) is 0.333. The first kappa shape index (κ1) is 12.2. The molecule has 0 N–H and O–H groups in total. The number of benzene rings is 1. The van der Waals surface area contributed by atoms with Crippen LogP contribution < -0.4 is 14.2 Å². The first-order valence-electron chi connectivity index (χ1n) is 5.19. The maximum Gasteiger partial charge on any atom is 0.346 e. The number of methoxy groups -OCH3 is 3. The summed E-state index contributed by atoms with van der Waals surface area (Å²) in [7, 11) is 4.33. The molecule has 1 heterocycles. The zero-order chi connectivity index (χ0) is 13.3. The van der Waals surface area contributed by atoms with Gasteiger partial charge in [-0.3, -0.25) is 4.79 Å². The fourth-order valence-electron chi connectivity index (χ4n) is 1.91. The lowest BCUT2D eigenvalue weighted by Gasteiger charge is -2.20. The second kappa shape index (κ2) is 4.56. The third-order valence-electron chi connectivity index (χ3n) is 2.68. The van der Waals surface area contributed by atoms with Crippen LogP contribution in [0.15, 0.2) is 6.07 Å². The zero-order valence-electron chi connectivity index (χ0n) is 10.2. The van der Waals surface area contributed by atoms with E-state index in [1.54, 1.807) is 0 Å². The lowest BCUT2D eigenvalue weighted by Crippen LogP contribution is -2.23. The maximum absolute atomic E-state index is 11.6. The van der Waals surface area contributed by atoms with Gasteiger partial charge in [-0.15, -0.1) is 0 Å². The van der Waals surface area contributed by atoms with Gasteiger partial charge in [0.2, 0.25) is 5.75 Å². The Morgan fingerprint density at radius 2 is 1.72 bits per heavy atom. The molecule has 1 aromatic rings. The van der Waals surface area contributed by atoms with E-state index in [0.29, 0.717) is 22.8 Å². The summed E-state index contributed by atoms with van der Waals surface area (Å²) in [5.41, 5.74) is 0.709. The number of carbonyl (C=O) groups is 2. The van der Waals surface area contributed by atoms with Crippen LogP contribution in [0, 0.1) is 0 Å². The van der Waals surface area contributed by atoms with Crippen LogP contribution in [0.25, 0.3) is 0 Å². The van der Waals surface area contributed by atoms with Gasteiger partial charge >= 0.3 is 11.9 Å². The van der Waals surface area contributed by atoms with Gasteiger partial charge in [-0.1, -0.05) is 0 Å². The highest BCUT2D eigenvalue weighted by molar-refractivity contribution is 6.04. The SMILES string of the molecule is COc1cc2c(c(OC)c1OC)CC(=O)OC2=O. The van der Waals surface area contributed by atoms with Crippen molar-refractivity contribution in [2.24, 2.45) is 0 Å². The third kappa shape index (κ3) is 1.75. The Morgan fingerprint density at radius 1 is 1.06 bits per heavy atom. The average molecular weight is 252 g/mol. The Kier molecular flexibility index (Phi) is 3.10. The van der Waals surface area contributed by atoms with Crippen molar-refractivity contribution >= 4 is 11.9 Å². The number of fused-ring (bicyclic) bond motifs is 1. The van der Waals surface area contributed by atoms with Gasteiger partial charge in [0.15, 0.2) is 11.5 Å². The number of hydrogen-bond donors (Lipinski definition) is 0. The molecule has 0 saturated carbocycles. The summed E-state index contributed by atoms with van der Waals surface area (Å²) in [4.78, 5) is 22.9. The van der Waals surface area contributed by atoms with Crippen LogP contribution in [0.1, 0.15) is 15.9 Å². The standard InChI is InChI=1S/C12H12O6/c1-15-8-4-7-6(5-9(13)18-12(7)14)10(16-2)11(8)17-3/h4H,5H2,1-3H3. The van der Waals surface area contributed by atoms with E-state index in [-0.39, 0.29) is 12.0 Å². The molecular weight excluding hydrogens is 240 g/mol. The van der Waals surface area contributed by atoms with Gasteiger partial charge in [0.05, 0.1) is 33.3 Å². The van der Waals surface area contributed by atoms with Crippen molar-refractivity contribution in [1.29, 1.82) is 0 Å². The predicted molar refractivity (Wildman–Crippen MR) is 60.2 cm³/mol. The van der Waals surface area contributed by atoms with Gasteiger partial charge in [-0.2, -0.15) is 0 Å². The third-order valence-corrected chi connectivity index (χ3v) is 2.68. The van der Waals surface area contributed by atoms with E-state index >= 15 is 0 Å². The van der Waals surface area contributed by atoms with Crippen molar-refractivity contribution in [2.45, 2.75) is 6.42 Å². The van der Waals surface area contributed by atoms with Gasteiger partial charge in [0.25, 0.3) is 0 Å². The van der Waals surface area contributed by atoms with Crippen molar-refractivity contribution in [1.82, 2.24) is 0 Å². The number of rotatable bonds is 3. The van der Waals surface area contributed by atoms with Gasteiger partial charge in [0, 0.05) is 5.56 Å².